The molecule has 0 aliphatic carbocycles. The highest BCUT2D eigenvalue weighted by Gasteiger charge is 2.28. The second-order valence-corrected chi connectivity index (χ2v) is 5.09. The van der Waals surface area contributed by atoms with Gasteiger partial charge in [0.05, 0.1) is 6.10 Å². The van der Waals surface area contributed by atoms with Crippen LogP contribution >= 0.6 is 0 Å². The molecule has 1 rings (SSSR count). The van der Waals surface area contributed by atoms with Crippen LogP contribution in [0.4, 0.5) is 0 Å². The molecule has 90 valence electrons. The maximum Gasteiger partial charge on any atom is 0.115 e. The number of aliphatic hydroxyl groups excluding tert-OH is 1. The summed E-state index contributed by atoms with van der Waals surface area (Å²) in [6.45, 7) is 6.28. The third kappa shape index (κ3) is 3.24. The Bertz CT molecular complexity index is 331. The molecule has 1 aromatic rings. The van der Waals surface area contributed by atoms with Gasteiger partial charge in [-0.1, -0.05) is 45.7 Å². The van der Waals surface area contributed by atoms with E-state index in [-0.39, 0.29) is 11.2 Å². The lowest BCUT2D eigenvalue weighted by Gasteiger charge is -2.31. The monoisotopic (exact) mass is 222 g/mol. The van der Waals surface area contributed by atoms with Crippen LogP contribution in [0.2, 0.25) is 0 Å². The summed E-state index contributed by atoms with van der Waals surface area (Å²) in [5.74, 6) is 0.211. The van der Waals surface area contributed by atoms with Gasteiger partial charge < -0.3 is 10.2 Å². The summed E-state index contributed by atoms with van der Waals surface area (Å²) in [5, 5.41) is 19.7. The number of phenolic OH excluding ortho intramolecular Hbond substituents is 1. The van der Waals surface area contributed by atoms with Crippen molar-refractivity contribution in [1.29, 1.82) is 0 Å². The maximum atomic E-state index is 10.3. The van der Waals surface area contributed by atoms with E-state index in [4.69, 9.17) is 0 Å². The van der Waals surface area contributed by atoms with E-state index in [1.807, 2.05) is 6.07 Å². The standard InChI is InChI=1S/C14H22O2/c1-4-5-9-14(2,3)13(16)11-7-6-8-12(15)10-11/h6-8,10,13,15-16H,4-5,9H2,1-3H3/t13-/m1/s1. The largest absolute Gasteiger partial charge is 0.508 e. The van der Waals surface area contributed by atoms with Gasteiger partial charge in [-0.3, -0.25) is 0 Å². The first-order valence-electron chi connectivity index (χ1n) is 5.94. The minimum atomic E-state index is -0.522. The van der Waals surface area contributed by atoms with Gasteiger partial charge in [0, 0.05) is 0 Å². The van der Waals surface area contributed by atoms with Crippen LogP contribution in [0.1, 0.15) is 51.7 Å². The molecule has 0 spiro atoms. The van der Waals surface area contributed by atoms with Crippen molar-refractivity contribution in [3.05, 3.63) is 29.8 Å². The summed E-state index contributed by atoms with van der Waals surface area (Å²) in [4.78, 5) is 0. The van der Waals surface area contributed by atoms with Crippen molar-refractivity contribution in [3.8, 4) is 5.75 Å². The predicted molar refractivity (Wildman–Crippen MR) is 66.4 cm³/mol. The quantitative estimate of drug-likeness (QED) is 0.798. The summed E-state index contributed by atoms with van der Waals surface area (Å²) in [7, 11) is 0. The summed E-state index contributed by atoms with van der Waals surface area (Å²) in [6.07, 6.45) is 2.71. The van der Waals surface area contributed by atoms with Crippen molar-refractivity contribution in [2.75, 3.05) is 0 Å². The fraction of sp³-hybridized carbons (Fsp3) is 0.571. The summed E-state index contributed by atoms with van der Waals surface area (Å²) in [5.41, 5.74) is 0.644. The van der Waals surface area contributed by atoms with Gasteiger partial charge in [-0.2, -0.15) is 0 Å². The molecule has 0 amide bonds. The van der Waals surface area contributed by atoms with Crippen LogP contribution in [0.5, 0.6) is 5.75 Å². The lowest BCUT2D eigenvalue weighted by molar-refractivity contribution is 0.0413. The Labute approximate surface area is 97.9 Å². The Morgan fingerprint density at radius 3 is 2.56 bits per heavy atom. The van der Waals surface area contributed by atoms with Crippen molar-refractivity contribution in [3.63, 3.8) is 0 Å². The molecule has 0 bridgehead atoms. The van der Waals surface area contributed by atoms with Gasteiger partial charge in [-0.05, 0) is 29.5 Å². The molecular formula is C14H22O2. The van der Waals surface area contributed by atoms with Gasteiger partial charge in [-0.25, -0.2) is 0 Å². The first-order valence-corrected chi connectivity index (χ1v) is 5.94. The van der Waals surface area contributed by atoms with Crippen LogP contribution in [-0.2, 0) is 0 Å². The Kier molecular flexibility index (Phi) is 4.36. The molecule has 0 aromatic heterocycles. The molecule has 0 aliphatic rings. The van der Waals surface area contributed by atoms with E-state index in [0.29, 0.717) is 0 Å². The molecule has 0 heterocycles. The Balaban J connectivity index is 2.79. The minimum absolute atomic E-state index is 0.149. The number of aromatic hydroxyl groups is 1. The first kappa shape index (κ1) is 13.0. The fourth-order valence-electron chi connectivity index (χ4n) is 1.92. The second-order valence-electron chi connectivity index (χ2n) is 5.09. The lowest BCUT2D eigenvalue weighted by atomic mass is 9.78. The van der Waals surface area contributed by atoms with E-state index in [2.05, 4.69) is 20.8 Å². The predicted octanol–water partition coefficient (Wildman–Crippen LogP) is 3.64. The third-order valence-corrected chi connectivity index (χ3v) is 3.10. The molecule has 1 atom stereocenters. The van der Waals surface area contributed by atoms with Gasteiger partial charge >= 0.3 is 0 Å². The lowest BCUT2D eigenvalue weighted by Crippen LogP contribution is -2.21. The summed E-state index contributed by atoms with van der Waals surface area (Å²) < 4.78 is 0. The van der Waals surface area contributed by atoms with Crippen LogP contribution in [-0.4, -0.2) is 10.2 Å². The number of phenols is 1. The Morgan fingerprint density at radius 1 is 1.31 bits per heavy atom. The Hall–Kier alpha value is -1.02. The molecule has 2 nitrogen and oxygen atoms in total. The van der Waals surface area contributed by atoms with Crippen molar-refractivity contribution in [2.24, 2.45) is 5.41 Å². The minimum Gasteiger partial charge on any atom is -0.508 e. The van der Waals surface area contributed by atoms with E-state index in [9.17, 15) is 10.2 Å². The topological polar surface area (TPSA) is 40.5 Å². The maximum absolute atomic E-state index is 10.3. The number of rotatable bonds is 5. The molecule has 2 N–H and O–H groups in total. The fourth-order valence-corrected chi connectivity index (χ4v) is 1.92. The molecular weight excluding hydrogens is 200 g/mol. The molecule has 2 heteroatoms. The summed E-state index contributed by atoms with van der Waals surface area (Å²) in [6, 6.07) is 6.88. The zero-order valence-corrected chi connectivity index (χ0v) is 10.4. The zero-order valence-electron chi connectivity index (χ0n) is 10.4. The number of hydrogen-bond acceptors (Lipinski definition) is 2. The van der Waals surface area contributed by atoms with E-state index in [1.54, 1.807) is 18.2 Å². The number of benzene rings is 1. The summed E-state index contributed by atoms with van der Waals surface area (Å²) >= 11 is 0. The van der Waals surface area contributed by atoms with Crippen LogP contribution in [0, 0.1) is 5.41 Å². The van der Waals surface area contributed by atoms with Crippen LogP contribution in [0.15, 0.2) is 24.3 Å². The highest BCUT2D eigenvalue weighted by atomic mass is 16.3. The number of unbranched alkanes of at least 4 members (excludes halogenated alkanes) is 1. The molecule has 16 heavy (non-hydrogen) atoms. The average Bonchev–Trinajstić information content (AvgIpc) is 2.25. The van der Waals surface area contributed by atoms with Crippen LogP contribution in [0.25, 0.3) is 0 Å². The van der Waals surface area contributed by atoms with E-state index >= 15 is 0 Å². The smallest absolute Gasteiger partial charge is 0.115 e. The normalized spacial score (nSPS) is 13.8. The zero-order chi connectivity index (χ0) is 12.2. The number of aliphatic hydroxyl groups is 1. The molecule has 0 saturated heterocycles. The van der Waals surface area contributed by atoms with Gasteiger partial charge in [0.1, 0.15) is 5.75 Å². The molecule has 0 fully saturated rings. The van der Waals surface area contributed by atoms with E-state index in [0.717, 1.165) is 24.8 Å². The van der Waals surface area contributed by atoms with Crippen molar-refractivity contribution >= 4 is 0 Å². The van der Waals surface area contributed by atoms with Crippen LogP contribution < -0.4 is 0 Å². The van der Waals surface area contributed by atoms with Gasteiger partial charge in [-0.15, -0.1) is 0 Å². The van der Waals surface area contributed by atoms with Crippen LogP contribution in [0.3, 0.4) is 0 Å². The molecule has 0 saturated carbocycles. The second kappa shape index (κ2) is 5.35. The third-order valence-electron chi connectivity index (χ3n) is 3.10. The van der Waals surface area contributed by atoms with Gasteiger partial charge in [0.15, 0.2) is 0 Å². The SMILES string of the molecule is CCCCC(C)(C)[C@H](O)c1cccc(O)c1. The van der Waals surface area contributed by atoms with E-state index < -0.39 is 6.10 Å². The Morgan fingerprint density at radius 2 is 2.00 bits per heavy atom. The van der Waals surface area contributed by atoms with Crippen molar-refractivity contribution in [2.45, 2.75) is 46.1 Å². The van der Waals surface area contributed by atoms with Crippen molar-refractivity contribution in [1.82, 2.24) is 0 Å². The van der Waals surface area contributed by atoms with Crippen molar-refractivity contribution < 1.29 is 10.2 Å². The number of hydrogen-bond donors (Lipinski definition) is 2. The molecule has 0 radical (unpaired) electrons. The van der Waals surface area contributed by atoms with Gasteiger partial charge in [0.2, 0.25) is 0 Å². The molecule has 0 unspecified atom stereocenters. The highest BCUT2D eigenvalue weighted by Crippen LogP contribution is 2.38. The molecule has 0 aliphatic heterocycles. The van der Waals surface area contributed by atoms with Gasteiger partial charge in [0.25, 0.3) is 0 Å². The van der Waals surface area contributed by atoms with E-state index in [1.165, 1.54) is 0 Å². The first-order chi connectivity index (χ1) is 7.47. The molecule has 1 aromatic carbocycles. The highest BCUT2D eigenvalue weighted by molar-refractivity contribution is 5.29. The average molecular weight is 222 g/mol.